The van der Waals surface area contributed by atoms with E-state index in [9.17, 15) is 4.79 Å². The van der Waals surface area contributed by atoms with E-state index in [4.69, 9.17) is 5.11 Å². The van der Waals surface area contributed by atoms with Crippen molar-refractivity contribution >= 4 is 49.2 Å². The number of rotatable bonds is 3. The number of hydrogen-bond donors (Lipinski definition) is 1. The van der Waals surface area contributed by atoms with Gasteiger partial charge in [-0.15, -0.1) is 11.3 Å². The van der Waals surface area contributed by atoms with Crippen molar-refractivity contribution in [2.75, 3.05) is 0 Å². The summed E-state index contributed by atoms with van der Waals surface area (Å²) in [4.78, 5) is 14.9. The molecular weight excluding hydrogens is 370 g/mol. The molecule has 0 atom stereocenters. The van der Waals surface area contributed by atoms with Crippen LogP contribution in [0.5, 0.6) is 0 Å². The van der Waals surface area contributed by atoms with E-state index in [-0.39, 0.29) is 6.42 Å². The average Bonchev–Trinajstić information content (AvgIpc) is 2.69. The van der Waals surface area contributed by atoms with Crippen LogP contribution in [0.3, 0.4) is 0 Å². The molecule has 1 N–H and O–H groups in total. The van der Waals surface area contributed by atoms with Crippen LogP contribution in [0.2, 0.25) is 0 Å². The van der Waals surface area contributed by atoms with E-state index in [1.807, 2.05) is 18.2 Å². The van der Waals surface area contributed by atoms with Crippen LogP contribution in [0.4, 0.5) is 0 Å². The predicted octanol–water partition coefficient (Wildman–Crippen LogP) is 3.96. The molecule has 0 fully saturated rings. The molecule has 0 aliphatic heterocycles. The van der Waals surface area contributed by atoms with Crippen molar-refractivity contribution in [3.8, 4) is 10.6 Å². The molecule has 0 bridgehead atoms. The molecule has 1 aromatic carbocycles. The molecule has 3 nitrogen and oxygen atoms in total. The first kappa shape index (κ1) is 12.7. The molecule has 2 aromatic rings. The lowest BCUT2D eigenvalue weighted by atomic mass is 10.2. The Morgan fingerprint density at radius 1 is 1.35 bits per heavy atom. The Balaban J connectivity index is 2.30. The van der Waals surface area contributed by atoms with Gasteiger partial charge in [-0.25, -0.2) is 4.98 Å². The largest absolute Gasteiger partial charge is 0.481 e. The zero-order valence-electron chi connectivity index (χ0n) is 8.48. The second-order valence-electron chi connectivity index (χ2n) is 3.34. The zero-order chi connectivity index (χ0) is 12.4. The molecule has 88 valence electrons. The molecular formula is C11H7Br2NO2S. The highest BCUT2D eigenvalue weighted by atomic mass is 79.9. The van der Waals surface area contributed by atoms with Crippen LogP contribution >= 0.6 is 43.2 Å². The minimum atomic E-state index is -0.862. The number of carbonyl (C=O) groups is 1. The third-order valence-electron chi connectivity index (χ3n) is 2.05. The summed E-state index contributed by atoms with van der Waals surface area (Å²) >= 11 is 8.27. The summed E-state index contributed by atoms with van der Waals surface area (Å²) in [7, 11) is 0. The smallest absolute Gasteiger partial charge is 0.309 e. The number of halogens is 2. The van der Waals surface area contributed by atoms with Crippen LogP contribution in [0, 0.1) is 0 Å². The number of hydrogen-bond acceptors (Lipinski definition) is 3. The second-order valence-corrected chi connectivity index (χ2v) is 5.91. The lowest BCUT2D eigenvalue weighted by Gasteiger charge is -1.99. The SMILES string of the molecule is O=C(O)Cc1csc(-c2ccc(Br)c(Br)c2)n1. The highest BCUT2D eigenvalue weighted by molar-refractivity contribution is 9.13. The van der Waals surface area contributed by atoms with Crippen LogP contribution in [-0.2, 0) is 11.2 Å². The van der Waals surface area contributed by atoms with Crippen molar-refractivity contribution in [2.45, 2.75) is 6.42 Å². The predicted molar refractivity (Wildman–Crippen MR) is 74.3 cm³/mol. The van der Waals surface area contributed by atoms with E-state index in [1.165, 1.54) is 11.3 Å². The van der Waals surface area contributed by atoms with Gasteiger partial charge in [0, 0.05) is 19.9 Å². The van der Waals surface area contributed by atoms with E-state index in [0.717, 1.165) is 19.5 Å². The number of aliphatic carboxylic acids is 1. The highest BCUT2D eigenvalue weighted by Gasteiger charge is 2.08. The number of benzene rings is 1. The molecule has 1 heterocycles. The van der Waals surface area contributed by atoms with Gasteiger partial charge in [0.05, 0.1) is 12.1 Å². The fourth-order valence-electron chi connectivity index (χ4n) is 1.30. The number of carboxylic acids is 1. The minimum absolute atomic E-state index is 0.0335. The molecule has 2 rings (SSSR count). The summed E-state index contributed by atoms with van der Waals surface area (Å²) in [5, 5.41) is 11.3. The van der Waals surface area contributed by atoms with Crippen LogP contribution in [0.15, 0.2) is 32.5 Å². The van der Waals surface area contributed by atoms with Crippen molar-refractivity contribution in [1.29, 1.82) is 0 Å². The summed E-state index contributed by atoms with van der Waals surface area (Å²) in [6.07, 6.45) is -0.0335. The number of aromatic nitrogens is 1. The third-order valence-corrected chi connectivity index (χ3v) is 4.87. The first-order valence-corrected chi connectivity index (χ1v) is 7.14. The van der Waals surface area contributed by atoms with E-state index in [1.54, 1.807) is 5.38 Å². The first-order valence-electron chi connectivity index (χ1n) is 4.68. The van der Waals surface area contributed by atoms with Crippen molar-refractivity contribution in [1.82, 2.24) is 4.98 Å². The molecule has 0 radical (unpaired) electrons. The van der Waals surface area contributed by atoms with Gasteiger partial charge in [-0.05, 0) is 44.0 Å². The standard InChI is InChI=1S/C11H7Br2NO2S/c12-8-2-1-6(3-9(8)13)11-14-7(5-17-11)4-10(15)16/h1-3,5H,4H2,(H,15,16). The Kier molecular flexibility index (Phi) is 3.96. The van der Waals surface area contributed by atoms with Crippen molar-refractivity contribution in [3.05, 3.63) is 38.2 Å². The van der Waals surface area contributed by atoms with Crippen LogP contribution < -0.4 is 0 Å². The van der Waals surface area contributed by atoms with Gasteiger partial charge in [0.2, 0.25) is 0 Å². The fourth-order valence-corrected chi connectivity index (χ4v) is 2.75. The molecule has 17 heavy (non-hydrogen) atoms. The van der Waals surface area contributed by atoms with Gasteiger partial charge in [-0.2, -0.15) is 0 Å². The highest BCUT2D eigenvalue weighted by Crippen LogP contribution is 2.30. The summed E-state index contributed by atoms with van der Waals surface area (Å²) in [5.41, 5.74) is 1.57. The van der Waals surface area contributed by atoms with Crippen LogP contribution in [0.25, 0.3) is 10.6 Å². The fraction of sp³-hybridized carbons (Fsp3) is 0.0909. The van der Waals surface area contributed by atoms with E-state index in [2.05, 4.69) is 36.8 Å². The average molecular weight is 377 g/mol. The Bertz CT molecular complexity index is 568. The van der Waals surface area contributed by atoms with Gasteiger partial charge < -0.3 is 5.11 Å². The van der Waals surface area contributed by atoms with Crippen LogP contribution in [0.1, 0.15) is 5.69 Å². The van der Waals surface area contributed by atoms with Gasteiger partial charge in [0.25, 0.3) is 0 Å². The first-order chi connectivity index (χ1) is 8.06. The van der Waals surface area contributed by atoms with E-state index < -0.39 is 5.97 Å². The Hall–Kier alpha value is -0.720. The Morgan fingerprint density at radius 3 is 2.76 bits per heavy atom. The van der Waals surface area contributed by atoms with Crippen molar-refractivity contribution < 1.29 is 9.90 Å². The van der Waals surface area contributed by atoms with E-state index in [0.29, 0.717) is 5.69 Å². The minimum Gasteiger partial charge on any atom is -0.481 e. The number of thiazole rings is 1. The zero-order valence-corrected chi connectivity index (χ0v) is 12.5. The van der Waals surface area contributed by atoms with Crippen molar-refractivity contribution in [2.24, 2.45) is 0 Å². The van der Waals surface area contributed by atoms with Crippen molar-refractivity contribution in [3.63, 3.8) is 0 Å². The number of nitrogens with zero attached hydrogens (tertiary/aromatic N) is 1. The van der Waals surface area contributed by atoms with Gasteiger partial charge in [-0.3, -0.25) is 4.79 Å². The molecule has 0 amide bonds. The van der Waals surface area contributed by atoms with Gasteiger partial charge in [0.1, 0.15) is 5.01 Å². The monoisotopic (exact) mass is 375 g/mol. The molecule has 0 saturated carbocycles. The van der Waals surface area contributed by atoms with Gasteiger partial charge in [0.15, 0.2) is 0 Å². The van der Waals surface area contributed by atoms with E-state index >= 15 is 0 Å². The molecule has 0 aliphatic carbocycles. The topological polar surface area (TPSA) is 50.2 Å². The molecule has 1 aromatic heterocycles. The Labute approximate surface area is 119 Å². The number of carboxylic acid groups (broad SMARTS) is 1. The molecule has 0 spiro atoms. The molecule has 0 unspecified atom stereocenters. The summed E-state index contributed by atoms with van der Waals surface area (Å²) in [5.74, 6) is -0.862. The Morgan fingerprint density at radius 2 is 2.12 bits per heavy atom. The lowest BCUT2D eigenvalue weighted by molar-refractivity contribution is -0.136. The maximum absolute atomic E-state index is 10.6. The van der Waals surface area contributed by atoms with Gasteiger partial charge >= 0.3 is 5.97 Å². The maximum atomic E-state index is 10.6. The quantitative estimate of drug-likeness (QED) is 0.881. The normalized spacial score (nSPS) is 10.5. The maximum Gasteiger partial charge on any atom is 0.309 e. The molecule has 6 heteroatoms. The van der Waals surface area contributed by atoms with Gasteiger partial charge in [-0.1, -0.05) is 6.07 Å². The molecule has 0 aliphatic rings. The summed E-state index contributed by atoms with van der Waals surface area (Å²) < 4.78 is 1.92. The summed E-state index contributed by atoms with van der Waals surface area (Å²) in [6, 6.07) is 5.82. The summed E-state index contributed by atoms with van der Waals surface area (Å²) in [6.45, 7) is 0. The molecule has 0 saturated heterocycles. The second kappa shape index (κ2) is 5.29. The third kappa shape index (κ3) is 3.14. The lowest BCUT2D eigenvalue weighted by Crippen LogP contribution is -1.99. The van der Waals surface area contributed by atoms with Crippen LogP contribution in [-0.4, -0.2) is 16.1 Å².